The molecule has 0 aliphatic rings. The number of nitrogens with one attached hydrogen (secondary N) is 2. The highest BCUT2D eigenvalue weighted by molar-refractivity contribution is 7.22. The summed E-state index contributed by atoms with van der Waals surface area (Å²) in [6, 6.07) is 7.22. The zero-order valence-corrected chi connectivity index (χ0v) is 12.7. The normalized spacial score (nSPS) is 10.8. The highest BCUT2D eigenvalue weighted by Gasteiger charge is 2.12. The van der Waals surface area contributed by atoms with Crippen LogP contribution in [0.2, 0.25) is 5.02 Å². The van der Waals surface area contributed by atoms with Crippen LogP contribution in [-0.2, 0) is 0 Å². The van der Waals surface area contributed by atoms with Crippen LogP contribution in [0.25, 0.3) is 10.2 Å². The molecule has 2 N–H and O–H groups in total. The molecular formula is C14H12ClN3O2S. The summed E-state index contributed by atoms with van der Waals surface area (Å²) in [7, 11) is 0. The third-order valence-corrected chi connectivity index (χ3v) is 3.94. The molecule has 0 fully saturated rings. The standard InChI is InChI=1S/C14H12ClN3O2S/c1-2-20-9-3-4-10-12(6-9)21-14(17-10)18-13(19)11-5-8(15)7-16-11/h3-7,16H,2H2,1H3,(H,17,18,19). The van der Waals surface area contributed by atoms with Crippen molar-refractivity contribution < 1.29 is 9.53 Å². The van der Waals surface area contributed by atoms with Crippen LogP contribution in [0.3, 0.4) is 0 Å². The number of thiazole rings is 1. The summed E-state index contributed by atoms with van der Waals surface area (Å²) in [5.74, 6) is 0.522. The lowest BCUT2D eigenvalue weighted by Gasteiger charge is -2.00. The smallest absolute Gasteiger partial charge is 0.273 e. The predicted octanol–water partition coefficient (Wildman–Crippen LogP) is 3.93. The van der Waals surface area contributed by atoms with E-state index in [-0.39, 0.29) is 5.91 Å². The number of nitrogens with zero attached hydrogens (tertiary/aromatic N) is 1. The van der Waals surface area contributed by atoms with Gasteiger partial charge in [0.1, 0.15) is 11.4 Å². The van der Waals surface area contributed by atoms with Crippen LogP contribution >= 0.6 is 22.9 Å². The number of H-pyrrole nitrogens is 1. The average Bonchev–Trinajstić information content (AvgIpc) is 3.04. The number of hydrogen-bond acceptors (Lipinski definition) is 4. The van der Waals surface area contributed by atoms with Gasteiger partial charge >= 0.3 is 0 Å². The number of fused-ring (bicyclic) bond motifs is 1. The van der Waals surface area contributed by atoms with Crippen LogP contribution < -0.4 is 10.1 Å². The summed E-state index contributed by atoms with van der Waals surface area (Å²) in [4.78, 5) is 19.2. The van der Waals surface area contributed by atoms with Crippen molar-refractivity contribution in [3.63, 3.8) is 0 Å². The van der Waals surface area contributed by atoms with Gasteiger partial charge in [-0.1, -0.05) is 22.9 Å². The molecule has 0 spiro atoms. The molecule has 2 heterocycles. The van der Waals surface area contributed by atoms with Crippen molar-refractivity contribution in [2.45, 2.75) is 6.92 Å². The van der Waals surface area contributed by atoms with E-state index in [0.717, 1.165) is 16.0 Å². The van der Waals surface area contributed by atoms with Gasteiger partial charge in [-0.15, -0.1) is 0 Å². The van der Waals surface area contributed by atoms with E-state index in [1.807, 2.05) is 25.1 Å². The largest absolute Gasteiger partial charge is 0.494 e. The van der Waals surface area contributed by atoms with E-state index in [4.69, 9.17) is 16.3 Å². The van der Waals surface area contributed by atoms with Crippen molar-refractivity contribution in [2.75, 3.05) is 11.9 Å². The Labute approximate surface area is 129 Å². The molecule has 1 amide bonds. The lowest BCUT2D eigenvalue weighted by molar-refractivity contribution is 0.102. The van der Waals surface area contributed by atoms with Crippen molar-refractivity contribution in [1.82, 2.24) is 9.97 Å². The highest BCUT2D eigenvalue weighted by Crippen LogP contribution is 2.29. The van der Waals surface area contributed by atoms with Crippen LogP contribution in [0.1, 0.15) is 17.4 Å². The highest BCUT2D eigenvalue weighted by atomic mass is 35.5. The Bertz CT molecular complexity index is 796. The number of anilines is 1. The predicted molar refractivity (Wildman–Crippen MR) is 84.5 cm³/mol. The Balaban J connectivity index is 1.82. The Hall–Kier alpha value is -2.05. The van der Waals surface area contributed by atoms with E-state index in [2.05, 4.69) is 15.3 Å². The van der Waals surface area contributed by atoms with Crippen molar-refractivity contribution in [3.8, 4) is 5.75 Å². The minimum atomic E-state index is -0.272. The zero-order valence-electron chi connectivity index (χ0n) is 11.1. The lowest BCUT2D eigenvalue weighted by atomic mass is 10.3. The second kappa shape index (κ2) is 5.75. The monoisotopic (exact) mass is 321 g/mol. The fraction of sp³-hybridized carbons (Fsp3) is 0.143. The van der Waals surface area contributed by atoms with E-state index in [0.29, 0.717) is 22.5 Å². The summed E-state index contributed by atoms with van der Waals surface area (Å²) < 4.78 is 6.41. The number of halogens is 1. The number of ether oxygens (including phenoxy) is 1. The first-order chi connectivity index (χ1) is 10.2. The molecule has 1 aromatic carbocycles. The van der Waals surface area contributed by atoms with E-state index in [9.17, 15) is 4.79 Å². The summed E-state index contributed by atoms with van der Waals surface area (Å²) in [6.07, 6.45) is 1.56. The van der Waals surface area contributed by atoms with E-state index >= 15 is 0 Å². The Morgan fingerprint density at radius 2 is 2.33 bits per heavy atom. The van der Waals surface area contributed by atoms with Crippen LogP contribution in [0.15, 0.2) is 30.5 Å². The quantitative estimate of drug-likeness (QED) is 0.765. The second-order valence-electron chi connectivity index (χ2n) is 4.27. The Kier molecular flexibility index (Phi) is 3.81. The maximum atomic E-state index is 12.0. The summed E-state index contributed by atoms with van der Waals surface area (Å²) in [5, 5.41) is 3.78. The molecule has 3 rings (SSSR count). The number of aromatic amines is 1. The summed E-state index contributed by atoms with van der Waals surface area (Å²) >= 11 is 7.18. The van der Waals surface area contributed by atoms with Gasteiger partial charge < -0.3 is 9.72 Å². The van der Waals surface area contributed by atoms with Crippen molar-refractivity contribution in [1.29, 1.82) is 0 Å². The average molecular weight is 322 g/mol. The van der Waals surface area contributed by atoms with Gasteiger partial charge in [0.05, 0.1) is 21.8 Å². The SMILES string of the molecule is CCOc1ccc2nc(NC(=O)c3cc(Cl)c[nH]3)sc2c1. The number of benzene rings is 1. The van der Waals surface area contributed by atoms with Gasteiger partial charge in [-0.25, -0.2) is 4.98 Å². The van der Waals surface area contributed by atoms with Gasteiger partial charge in [-0.2, -0.15) is 0 Å². The number of carbonyl (C=O) groups is 1. The van der Waals surface area contributed by atoms with Crippen LogP contribution in [-0.4, -0.2) is 22.5 Å². The molecule has 0 saturated heterocycles. The molecule has 0 bridgehead atoms. The fourth-order valence-corrected chi connectivity index (χ4v) is 2.93. The van der Waals surface area contributed by atoms with Crippen molar-refractivity contribution in [2.24, 2.45) is 0 Å². The summed E-state index contributed by atoms with van der Waals surface area (Å²) in [5.41, 5.74) is 1.22. The fourth-order valence-electron chi connectivity index (χ4n) is 1.88. The Morgan fingerprint density at radius 1 is 1.48 bits per heavy atom. The van der Waals surface area contributed by atoms with Gasteiger partial charge in [0.25, 0.3) is 5.91 Å². The number of aromatic nitrogens is 2. The van der Waals surface area contributed by atoms with E-state index < -0.39 is 0 Å². The first kappa shape index (κ1) is 13.9. The molecule has 2 aromatic heterocycles. The maximum absolute atomic E-state index is 12.0. The molecular weight excluding hydrogens is 310 g/mol. The minimum absolute atomic E-state index is 0.272. The molecule has 3 aromatic rings. The second-order valence-corrected chi connectivity index (χ2v) is 5.73. The molecule has 21 heavy (non-hydrogen) atoms. The number of amides is 1. The van der Waals surface area contributed by atoms with Crippen LogP contribution in [0, 0.1) is 0 Å². The molecule has 0 saturated carbocycles. The van der Waals surface area contributed by atoms with Crippen molar-refractivity contribution >= 4 is 44.2 Å². The number of carbonyl (C=O) groups excluding carboxylic acids is 1. The van der Waals surface area contributed by atoms with Gasteiger partial charge in [0.2, 0.25) is 0 Å². The first-order valence-corrected chi connectivity index (χ1v) is 7.54. The maximum Gasteiger partial charge on any atom is 0.273 e. The van der Waals surface area contributed by atoms with Crippen LogP contribution in [0.5, 0.6) is 5.75 Å². The molecule has 7 heteroatoms. The molecule has 5 nitrogen and oxygen atoms in total. The van der Waals surface area contributed by atoms with E-state index in [1.54, 1.807) is 12.3 Å². The Morgan fingerprint density at radius 3 is 3.05 bits per heavy atom. The van der Waals surface area contributed by atoms with Crippen LogP contribution in [0.4, 0.5) is 5.13 Å². The minimum Gasteiger partial charge on any atom is -0.494 e. The molecule has 0 unspecified atom stereocenters. The summed E-state index contributed by atoms with van der Waals surface area (Å²) in [6.45, 7) is 2.55. The van der Waals surface area contributed by atoms with E-state index in [1.165, 1.54) is 11.3 Å². The van der Waals surface area contributed by atoms with Gasteiger partial charge in [0, 0.05) is 6.20 Å². The van der Waals surface area contributed by atoms with Crippen molar-refractivity contribution in [3.05, 3.63) is 41.2 Å². The lowest BCUT2D eigenvalue weighted by Crippen LogP contribution is -2.11. The topological polar surface area (TPSA) is 67.0 Å². The molecule has 0 radical (unpaired) electrons. The first-order valence-electron chi connectivity index (χ1n) is 6.34. The third kappa shape index (κ3) is 3.01. The number of rotatable bonds is 4. The molecule has 0 atom stereocenters. The number of hydrogen-bond donors (Lipinski definition) is 2. The van der Waals surface area contributed by atoms with Gasteiger partial charge in [-0.05, 0) is 31.2 Å². The molecule has 0 aliphatic heterocycles. The van der Waals surface area contributed by atoms with Gasteiger partial charge in [-0.3, -0.25) is 10.1 Å². The molecule has 108 valence electrons. The molecule has 0 aliphatic carbocycles. The van der Waals surface area contributed by atoms with Gasteiger partial charge in [0.15, 0.2) is 5.13 Å². The third-order valence-electron chi connectivity index (χ3n) is 2.78. The zero-order chi connectivity index (χ0) is 14.8.